The zero-order chi connectivity index (χ0) is 25.9. The highest BCUT2D eigenvalue weighted by atomic mass is 35.5. The molecule has 0 aliphatic carbocycles. The van der Waals surface area contributed by atoms with Crippen molar-refractivity contribution >= 4 is 29.4 Å². The monoisotopic (exact) mass is 514 g/mol. The lowest BCUT2D eigenvalue weighted by Crippen LogP contribution is -2.49. The molecular formula is C29H27ClN4O3. The normalized spacial score (nSPS) is 17.9. The Morgan fingerprint density at radius 1 is 0.973 bits per heavy atom. The van der Waals surface area contributed by atoms with Gasteiger partial charge in [0, 0.05) is 25.0 Å². The first-order valence-electron chi connectivity index (χ1n) is 12.1. The van der Waals surface area contributed by atoms with Crippen LogP contribution in [0.3, 0.4) is 0 Å². The van der Waals surface area contributed by atoms with E-state index in [4.69, 9.17) is 11.6 Å². The van der Waals surface area contributed by atoms with Crippen molar-refractivity contribution < 1.29 is 14.4 Å². The maximum absolute atomic E-state index is 13.9. The fourth-order valence-corrected chi connectivity index (χ4v) is 4.96. The third-order valence-corrected chi connectivity index (χ3v) is 7.10. The highest BCUT2D eigenvalue weighted by Gasteiger charge is 2.46. The van der Waals surface area contributed by atoms with Gasteiger partial charge >= 0.3 is 6.03 Å². The molecule has 2 aliphatic heterocycles. The molecule has 2 atom stereocenters. The average molecular weight is 515 g/mol. The smallest absolute Gasteiger partial charge is 0.322 e. The van der Waals surface area contributed by atoms with Crippen molar-refractivity contribution in [1.29, 1.82) is 0 Å². The van der Waals surface area contributed by atoms with Gasteiger partial charge in [0.05, 0.1) is 23.9 Å². The highest BCUT2D eigenvalue weighted by Crippen LogP contribution is 2.37. The molecule has 0 spiro atoms. The summed E-state index contributed by atoms with van der Waals surface area (Å²) in [7, 11) is 1.64. The molecule has 2 N–H and O–H groups in total. The van der Waals surface area contributed by atoms with E-state index in [1.54, 1.807) is 36.2 Å². The minimum atomic E-state index is -0.751. The van der Waals surface area contributed by atoms with Crippen molar-refractivity contribution in [2.45, 2.75) is 25.0 Å². The Balaban J connectivity index is 1.45. The van der Waals surface area contributed by atoms with E-state index in [2.05, 4.69) is 10.6 Å². The minimum Gasteiger partial charge on any atom is -0.350 e. The molecule has 0 bridgehead atoms. The summed E-state index contributed by atoms with van der Waals surface area (Å²) in [5.74, 6) is -0.511. The van der Waals surface area contributed by atoms with Crippen LogP contribution in [0.2, 0.25) is 5.02 Å². The number of benzene rings is 3. The molecule has 0 aromatic heterocycles. The quantitative estimate of drug-likeness (QED) is 0.499. The van der Waals surface area contributed by atoms with Gasteiger partial charge in [-0.2, -0.15) is 0 Å². The van der Waals surface area contributed by atoms with E-state index in [1.165, 1.54) is 4.90 Å². The summed E-state index contributed by atoms with van der Waals surface area (Å²) in [4.78, 5) is 43.3. The Kier molecular flexibility index (Phi) is 6.97. The predicted octanol–water partition coefficient (Wildman–Crippen LogP) is 4.06. The Bertz CT molecular complexity index is 1340. The van der Waals surface area contributed by atoms with Crippen molar-refractivity contribution in [2.75, 3.05) is 13.6 Å². The van der Waals surface area contributed by atoms with E-state index in [9.17, 15) is 14.4 Å². The Hall–Kier alpha value is -4.10. The van der Waals surface area contributed by atoms with E-state index in [0.29, 0.717) is 29.3 Å². The third kappa shape index (κ3) is 5.08. The summed E-state index contributed by atoms with van der Waals surface area (Å²) in [6.07, 6.45) is 0.352. The largest absolute Gasteiger partial charge is 0.350 e. The van der Waals surface area contributed by atoms with Gasteiger partial charge in [0.25, 0.3) is 5.91 Å². The van der Waals surface area contributed by atoms with Crippen molar-refractivity contribution in [1.82, 2.24) is 20.4 Å². The van der Waals surface area contributed by atoms with Crippen LogP contribution >= 0.6 is 11.6 Å². The zero-order valence-corrected chi connectivity index (χ0v) is 21.1. The standard InChI is InChI=1S/C29H27ClN4O3/c1-33-24-18-34(28(36)25(24)26(32-29(33)37)21-12-14-22(30)15-13-21)23(16-19-8-4-2-5-9-19)27(35)31-17-20-10-6-3-7-11-20/h2-15,23,26H,16-18H2,1H3,(H,31,35)(H,32,37)/t23-,26-/m1/s1. The van der Waals surface area contributed by atoms with Crippen LogP contribution in [0.1, 0.15) is 22.7 Å². The Labute approximate surface area is 220 Å². The fraction of sp³-hybridized carbons (Fsp3) is 0.207. The van der Waals surface area contributed by atoms with Gasteiger partial charge in [-0.3, -0.25) is 14.5 Å². The summed E-state index contributed by atoms with van der Waals surface area (Å²) in [6.45, 7) is 0.520. The third-order valence-electron chi connectivity index (χ3n) is 6.85. The first kappa shape index (κ1) is 24.6. The maximum atomic E-state index is 13.9. The summed E-state index contributed by atoms with van der Waals surface area (Å²) in [5, 5.41) is 6.50. The lowest BCUT2D eigenvalue weighted by molar-refractivity contribution is -0.136. The molecule has 0 saturated heterocycles. The van der Waals surface area contributed by atoms with Gasteiger partial charge in [0.1, 0.15) is 6.04 Å². The molecule has 0 fully saturated rings. The van der Waals surface area contributed by atoms with E-state index in [0.717, 1.165) is 16.7 Å². The van der Waals surface area contributed by atoms with Crippen molar-refractivity contribution in [3.63, 3.8) is 0 Å². The minimum absolute atomic E-state index is 0.165. The first-order valence-corrected chi connectivity index (χ1v) is 12.5. The van der Waals surface area contributed by atoms with Crippen LogP contribution in [0.15, 0.2) is 96.2 Å². The fourth-order valence-electron chi connectivity index (χ4n) is 4.83. The van der Waals surface area contributed by atoms with Gasteiger partial charge in [-0.25, -0.2) is 4.79 Å². The molecule has 37 heavy (non-hydrogen) atoms. The molecule has 0 unspecified atom stereocenters. The predicted molar refractivity (Wildman–Crippen MR) is 141 cm³/mol. The van der Waals surface area contributed by atoms with Gasteiger partial charge in [0.15, 0.2) is 0 Å². The molecule has 8 heteroatoms. The molecule has 4 amide bonds. The van der Waals surface area contributed by atoms with Crippen LogP contribution in [0, 0.1) is 0 Å². The number of likely N-dealkylation sites (N-methyl/N-ethyl adjacent to an activating group) is 1. The first-order chi connectivity index (χ1) is 17.9. The maximum Gasteiger partial charge on any atom is 0.322 e. The van der Waals surface area contributed by atoms with Crippen LogP contribution < -0.4 is 10.6 Å². The van der Waals surface area contributed by atoms with Crippen molar-refractivity contribution in [3.05, 3.63) is 118 Å². The number of hydrogen-bond acceptors (Lipinski definition) is 3. The molecule has 188 valence electrons. The molecule has 2 heterocycles. The van der Waals surface area contributed by atoms with Gasteiger partial charge in [-0.15, -0.1) is 0 Å². The molecule has 5 rings (SSSR count). The van der Waals surface area contributed by atoms with Crippen molar-refractivity contribution in [2.24, 2.45) is 0 Å². The number of nitrogens with zero attached hydrogens (tertiary/aromatic N) is 2. The van der Waals surface area contributed by atoms with Crippen molar-refractivity contribution in [3.8, 4) is 0 Å². The summed E-state index contributed by atoms with van der Waals surface area (Å²) in [6, 6.07) is 24.6. The van der Waals surface area contributed by atoms with Crippen LogP contribution in [0.5, 0.6) is 0 Å². The van der Waals surface area contributed by atoms with Gasteiger partial charge < -0.3 is 15.5 Å². The zero-order valence-electron chi connectivity index (χ0n) is 20.4. The second-order valence-corrected chi connectivity index (χ2v) is 9.63. The number of amides is 4. The molecule has 3 aromatic rings. The van der Waals surface area contributed by atoms with Crippen LogP contribution in [-0.4, -0.2) is 47.3 Å². The number of urea groups is 1. The van der Waals surface area contributed by atoms with E-state index in [1.807, 2.05) is 60.7 Å². The number of rotatable bonds is 7. The van der Waals surface area contributed by atoms with Crippen LogP contribution in [-0.2, 0) is 22.6 Å². The number of nitrogens with one attached hydrogen (secondary N) is 2. The molecule has 3 aromatic carbocycles. The number of halogens is 1. The highest BCUT2D eigenvalue weighted by molar-refractivity contribution is 6.30. The number of carbonyl (C=O) groups excluding carboxylic acids is 3. The molecule has 0 saturated carbocycles. The van der Waals surface area contributed by atoms with E-state index >= 15 is 0 Å². The molecular weight excluding hydrogens is 488 g/mol. The number of hydrogen-bond donors (Lipinski definition) is 2. The molecule has 0 radical (unpaired) electrons. The topological polar surface area (TPSA) is 81.8 Å². The number of carbonyl (C=O) groups is 3. The average Bonchev–Trinajstić information content (AvgIpc) is 3.26. The molecule has 7 nitrogen and oxygen atoms in total. The second-order valence-electron chi connectivity index (χ2n) is 9.20. The van der Waals surface area contributed by atoms with E-state index in [-0.39, 0.29) is 24.4 Å². The Morgan fingerprint density at radius 2 is 1.59 bits per heavy atom. The lowest BCUT2D eigenvalue weighted by Gasteiger charge is -2.31. The Morgan fingerprint density at radius 3 is 2.24 bits per heavy atom. The van der Waals surface area contributed by atoms with Gasteiger partial charge in [0.2, 0.25) is 5.91 Å². The summed E-state index contributed by atoms with van der Waals surface area (Å²) < 4.78 is 0. The van der Waals surface area contributed by atoms with Gasteiger partial charge in [-0.05, 0) is 28.8 Å². The van der Waals surface area contributed by atoms with E-state index < -0.39 is 12.1 Å². The van der Waals surface area contributed by atoms with Gasteiger partial charge in [-0.1, -0.05) is 84.4 Å². The van der Waals surface area contributed by atoms with Crippen LogP contribution in [0.25, 0.3) is 0 Å². The molecule has 2 aliphatic rings. The lowest BCUT2D eigenvalue weighted by atomic mass is 9.95. The summed E-state index contributed by atoms with van der Waals surface area (Å²) in [5.41, 5.74) is 3.73. The second kappa shape index (κ2) is 10.5. The van der Waals surface area contributed by atoms with Crippen LogP contribution in [0.4, 0.5) is 4.79 Å². The summed E-state index contributed by atoms with van der Waals surface area (Å²) >= 11 is 6.07. The SMILES string of the molecule is CN1C(=O)N[C@H](c2ccc(Cl)cc2)C2=C1CN([C@H](Cc1ccccc1)C(=O)NCc1ccccc1)C2=O.